The normalized spacial score (nSPS) is 29.9. The molecule has 0 unspecified atom stereocenters. The third-order valence-corrected chi connectivity index (χ3v) is 8.03. The highest BCUT2D eigenvalue weighted by Gasteiger charge is 2.51. The monoisotopic (exact) mass is 411 g/mol. The predicted octanol–water partition coefficient (Wildman–Crippen LogP) is 5.58. The molecule has 4 bridgehead atoms. The Morgan fingerprint density at radius 2 is 1.76 bits per heavy atom. The van der Waals surface area contributed by atoms with Crippen LogP contribution in [0.2, 0.25) is 0 Å². The average Bonchev–Trinajstić information content (AvgIpc) is 3.01. The van der Waals surface area contributed by atoms with Crippen LogP contribution in [0.25, 0.3) is 10.2 Å². The number of carbonyl (C=O) groups excluding carboxylic acids is 2. The Morgan fingerprint density at radius 1 is 1.07 bits per heavy atom. The van der Waals surface area contributed by atoms with E-state index >= 15 is 0 Å². The molecule has 29 heavy (non-hydrogen) atoms. The molecule has 0 atom stereocenters. The molecule has 0 saturated heterocycles. The number of aromatic nitrogens is 1. The van der Waals surface area contributed by atoms with Crippen molar-refractivity contribution in [1.29, 1.82) is 0 Å². The molecule has 0 radical (unpaired) electrons. The summed E-state index contributed by atoms with van der Waals surface area (Å²) < 4.78 is 0.976. The predicted molar refractivity (Wildman–Crippen MR) is 117 cm³/mol. The highest BCUT2D eigenvalue weighted by molar-refractivity contribution is 7.22. The van der Waals surface area contributed by atoms with Gasteiger partial charge in [0.15, 0.2) is 5.13 Å². The average molecular weight is 412 g/mol. The quantitative estimate of drug-likeness (QED) is 0.652. The summed E-state index contributed by atoms with van der Waals surface area (Å²) in [4.78, 5) is 29.2. The lowest BCUT2D eigenvalue weighted by Crippen LogP contribution is -2.47. The lowest BCUT2D eigenvalue weighted by molar-refractivity contribution is -0.124. The standard InChI is InChI=1S/C23H29N3O2S/c1-2-3-20(27)26-22-25-18-5-4-17(9-19(18)29-22)24-21(28)13-23-10-14-6-15(11-23)8-16(7-14)12-23/h4-5,9,14-16H,2-3,6-8,10-13H2,1H3,(H,24,28)(H,25,26,27). The number of nitrogens with one attached hydrogen (secondary N) is 2. The first-order valence-electron chi connectivity index (χ1n) is 11.0. The smallest absolute Gasteiger partial charge is 0.226 e. The van der Waals surface area contributed by atoms with Gasteiger partial charge >= 0.3 is 0 Å². The van der Waals surface area contributed by atoms with Crippen molar-refractivity contribution in [2.45, 2.75) is 64.7 Å². The van der Waals surface area contributed by atoms with Gasteiger partial charge in [-0.1, -0.05) is 18.3 Å². The van der Waals surface area contributed by atoms with Crippen molar-refractivity contribution in [2.75, 3.05) is 10.6 Å². The number of anilines is 2. The van der Waals surface area contributed by atoms with Crippen molar-refractivity contribution in [3.63, 3.8) is 0 Å². The first-order valence-corrected chi connectivity index (χ1v) is 11.8. The molecule has 5 nitrogen and oxygen atoms in total. The molecule has 2 aromatic rings. The van der Waals surface area contributed by atoms with Crippen LogP contribution in [0.3, 0.4) is 0 Å². The van der Waals surface area contributed by atoms with Crippen LogP contribution in [0.15, 0.2) is 18.2 Å². The first-order chi connectivity index (χ1) is 14.0. The van der Waals surface area contributed by atoms with E-state index in [1.54, 1.807) is 0 Å². The maximum atomic E-state index is 12.9. The Balaban J connectivity index is 1.25. The molecule has 2 N–H and O–H groups in total. The Labute approximate surface area is 175 Å². The Bertz CT molecular complexity index is 915. The van der Waals surface area contributed by atoms with Crippen molar-refractivity contribution >= 4 is 44.2 Å². The number of carbonyl (C=O) groups is 2. The van der Waals surface area contributed by atoms with Gasteiger partial charge in [0.05, 0.1) is 10.2 Å². The van der Waals surface area contributed by atoms with E-state index in [0.29, 0.717) is 18.0 Å². The second-order valence-corrected chi connectivity index (χ2v) is 10.7. The van der Waals surface area contributed by atoms with E-state index in [2.05, 4.69) is 15.6 Å². The van der Waals surface area contributed by atoms with Gasteiger partial charge in [-0.25, -0.2) is 4.98 Å². The third-order valence-electron chi connectivity index (χ3n) is 7.10. The van der Waals surface area contributed by atoms with Gasteiger partial charge < -0.3 is 10.6 Å². The summed E-state index contributed by atoms with van der Waals surface area (Å²) in [6.07, 6.45) is 9.94. The molecule has 6 rings (SSSR count). The van der Waals surface area contributed by atoms with Gasteiger partial charge in [0.25, 0.3) is 0 Å². The van der Waals surface area contributed by atoms with E-state index in [0.717, 1.165) is 40.1 Å². The molecule has 4 aliphatic rings. The highest BCUT2D eigenvalue weighted by atomic mass is 32.1. The van der Waals surface area contributed by atoms with Crippen molar-refractivity contribution in [3.8, 4) is 0 Å². The minimum atomic E-state index is -0.00402. The molecule has 1 aromatic carbocycles. The summed E-state index contributed by atoms with van der Waals surface area (Å²) in [6.45, 7) is 1.98. The lowest BCUT2D eigenvalue weighted by atomic mass is 9.49. The zero-order valence-corrected chi connectivity index (χ0v) is 17.8. The van der Waals surface area contributed by atoms with Gasteiger partial charge in [0.2, 0.25) is 11.8 Å². The fraction of sp³-hybridized carbons (Fsp3) is 0.609. The minimum absolute atomic E-state index is 0.00402. The molecule has 6 heteroatoms. The fourth-order valence-electron chi connectivity index (χ4n) is 6.52. The Kier molecular flexibility index (Phi) is 4.85. The SMILES string of the molecule is CCCC(=O)Nc1nc2ccc(NC(=O)CC34CC5CC(CC(C5)C3)C4)cc2s1. The summed E-state index contributed by atoms with van der Waals surface area (Å²) in [5, 5.41) is 6.61. The summed E-state index contributed by atoms with van der Waals surface area (Å²) in [7, 11) is 0. The number of nitrogens with zero attached hydrogens (tertiary/aromatic N) is 1. The minimum Gasteiger partial charge on any atom is -0.326 e. The summed E-state index contributed by atoms with van der Waals surface area (Å²) in [6, 6.07) is 5.80. The number of rotatable bonds is 6. The highest BCUT2D eigenvalue weighted by Crippen LogP contribution is 2.61. The number of benzene rings is 1. The number of hydrogen-bond acceptors (Lipinski definition) is 4. The second-order valence-electron chi connectivity index (χ2n) is 9.64. The van der Waals surface area contributed by atoms with Crippen molar-refractivity contribution in [3.05, 3.63) is 18.2 Å². The van der Waals surface area contributed by atoms with E-state index in [4.69, 9.17) is 0 Å². The van der Waals surface area contributed by atoms with Gasteiger partial charge in [-0.2, -0.15) is 0 Å². The van der Waals surface area contributed by atoms with E-state index < -0.39 is 0 Å². The molecule has 1 aromatic heterocycles. The van der Waals surface area contributed by atoms with Crippen molar-refractivity contribution in [2.24, 2.45) is 23.2 Å². The number of thiazole rings is 1. The van der Waals surface area contributed by atoms with E-state index in [-0.39, 0.29) is 17.2 Å². The number of fused-ring (bicyclic) bond motifs is 1. The van der Waals surface area contributed by atoms with Crippen molar-refractivity contribution < 1.29 is 9.59 Å². The molecule has 4 saturated carbocycles. The number of hydrogen-bond donors (Lipinski definition) is 2. The molecule has 4 fully saturated rings. The van der Waals surface area contributed by atoms with Gasteiger partial charge in [0.1, 0.15) is 0 Å². The topological polar surface area (TPSA) is 71.1 Å². The zero-order chi connectivity index (χ0) is 20.0. The van der Waals surface area contributed by atoms with Gasteiger partial charge in [0, 0.05) is 18.5 Å². The summed E-state index contributed by atoms with van der Waals surface area (Å²) in [5.41, 5.74) is 1.92. The van der Waals surface area contributed by atoms with Crippen LogP contribution in [0.4, 0.5) is 10.8 Å². The van der Waals surface area contributed by atoms with Crippen LogP contribution in [-0.2, 0) is 9.59 Å². The van der Waals surface area contributed by atoms with E-state index in [1.165, 1.54) is 49.9 Å². The molecule has 2 amide bonds. The number of amides is 2. The van der Waals surface area contributed by atoms with Gasteiger partial charge in [-0.15, -0.1) is 0 Å². The lowest BCUT2D eigenvalue weighted by Gasteiger charge is -2.56. The first kappa shape index (κ1) is 19.0. The van der Waals surface area contributed by atoms with Gasteiger partial charge in [-0.05, 0) is 86.3 Å². The molecule has 0 aliphatic heterocycles. The Morgan fingerprint density at radius 3 is 2.41 bits per heavy atom. The molecule has 0 spiro atoms. The van der Waals surface area contributed by atoms with Gasteiger partial charge in [-0.3, -0.25) is 9.59 Å². The third kappa shape index (κ3) is 3.91. The summed E-state index contributed by atoms with van der Waals surface area (Å²) in [5.74, 6) is 2.74. The fourth-order valence-corrected chi connectivity index (χ4v) is 7.44. The van der Waals surface area contributed by atoms with Crippen LogP contribution < -0.4 is 10.6 Å². The van der Waals surface area contributed by atoms with Crippen LogP contribution in [0.5, 0.6) is 0 Å². The van der Waals surface area contributed by atoms with Crippen LogP contribution in [-0.4, -0.2) is 16.8 Å². The Hall–Kier alpha value is -1.95. The summed E-state index contributed by atoms with van der Waals surface area (Å²) >= 11 is 1.45. The van der Waals surface area contributed by atoms with E-state index in [1.807, 2.05) is 25.1 Å². The largest absolute Gasteiger partial charge is 0.326 e. The molecular weight excluding hydrogens is 382 g/mol. The van der Waals surface area contributed by atoms with E-state index in [9.17, 15) is 9.59 Å². The maximum Gasteiger partial charge on any atom is 0.226 e. The second kappa shape index (κ2) is 7.38. The van der Waals surface area contributed by atoms with Crippen LogP contribution in [0, 0.1) is 23.2 Å². The molecule has 4 aliphatic carbocycles. The zero-order valence-electron chi connectivity index (χ0n) is 17.0. The molecule has 154 valence electrons. The maximum absolute atomic E-state index is 12.9. The van der Waals surface area contributed by atoms with Crippen molar-refractivity contribution in [1.82, 2.24) is 4.98 Å². The molecular formula is C23H29N3O2S. The van der Waals surface area contributed by atoms with Crippen LogP contribution >= 0.6 is 11.3 Å². The van der Waals surface area contributed by atoms with Crippen LogP contribution in [0.1, 0.15) is 64.7 Å². The molecule has 1 heterocycles.